The fourth-order valence-electron chi connectivity index (χ4n) is 4.68. The molecule has 1 atom stereocenters. The van der Waals surface area contributed by atoms with Crippen LogP contribution < -0.4 is 5.73 Å². The van der Waals surface area contributed by atoms with Crippen molar-refractivity contribution in [1.29, 1.82) is 0 Å². The van der Waals surface area contributed by atoms with Crippen molar-refractivity contribution in [2.75, 3.05) is 25.4 Å². The highest BCUT2D eigenvalue weighted by atomic mass is 35.5. The Balaban J connectivity index is 1.37. The fourth-order valence-corrected chi connectivity index (χ4v) is 6.31. The number of sulfonamides is 1. The molecule has 1 saturated heterocycles. The lowest BCUT2D eigenvalue weighted by atomic mass is 9.99. The van der Waals surface area contributed by atoms with Crippen molar-refractivity contribution in [3.05, 3.63) is 59.4 Å². The number of nitrogen functional groups attached to an aromatic ring is 1. The van der Waals surface area contributed by atoms with E-state index >= 15 is 0 Å². The molecule has 0 unspecified atom stereocenters. The Hall–Kier alpha value is -2.72. The molecule has 0 radical (unpaired) electrons. The van der Waals surface area contributed by atoms with Gasteiger partial charge in [-0.05, 0) is 41.8 Å². The van der Waals surface area contributed by atoms with Crippen LogP contribution in [-0.2, 0) is 16.6 Å². The van der Waals surface area contributed by atoms with Crippen molar-refractivity contribution in [3.8, 4) is 0 Å². The predicted octanol–water partition coefficient (Wildman–Crippen LogP) is 3.88. The molecule has 1 aliphatic heterocycles. The molecule has 1 fully saturated rings. The zero-order valence-corrected chi connectivity index (χ0v) is 20.6. The number of fused-ring (bicyclic) bond motifs is 2. The zero-order valence-electron chi connectivity index (χ0n) is 19.1. The monoisotopic (exact) mass is 498 g/mol. The average Bonchev–Trinajstić information content (AvgIpc) is 3.23. The first-order chi connectivity index (χ1) is 16.2. The molecule has 5 rings (SSSR count). The molecule has 8 nitrogen and oxygen atoms in total. The van der Waals surface area contributed by atoms with Crippen LogP contribution in [0.4, 0.5) is 5.82 Å². The van der Waals surface area contributed by atoms with Crippen molar-refractivity contribution in [3.63, 3.8) is 0 Å². The predicted molar refractivity (Wildman–Crippen MR) is 135 cm³/mol. The Labute approximate surface area is 203 Å². The van der Waals surface area contributed by atoms with Gasteiger partial charge in [0.15, 0.2) is 0 Å². The summed E-state index contributed by atoms with van der Waals surface area (Å²) in [6.07, 6.45) is 1.47. The van der Waals surface area contributed by atoms with E-state index in [-0.39, 0.29) is 17.0 Å². The van der Waals surface area contributed by atoms with E-state index in [9.17, 15) is 8.42 Å². The molecule has 2 aromatic heterocycles. The van der Waals surface area contributed by atoms with Crippen LogP contribution in [0.15, 0.2) is 53.8 Å². The molecule has 0 amide bonds. The summed E-state index contributed by atoms with van der Waals surface area (Å²) in [5.41, 5.74) is 8.59. The third kappa shape index (κ3) is 4.24. The number of aromatic amines is 1. The molecular weight excluding hydrogens is 472 g/mol. The van der Waals surface area contributed by atoms with E-state index < -0.39 is 10.0 Å². The second-order valence-electron chi connectivity index (χ2n) is 9.12. The minimum Gasteiger partial charge on any atom is -0.383 e. The number of hydrogen-bond acceptors (Lipinski definition) is 6. The molecule has 4 aromatic rings. The number of nitrogens with two attached hydrogens (primary N) is 1. The Morgan fingerprint density at radius 3 is 2.76 bits per heavy atom. The van der Waals surface area contributed by atoms with E-state index in [1.165, 1.54) is 6.33 Å². The maximum atomic E-state index is 13.5. The van der Waals surface area contributed by atoms with E-state index in [0.29, 0.717) is 42.5 Å². The average molecular weight is 499 g/mol. The van der Waals surface area contributed by atoms with Gasteiger partial charge < -0.3 is 10.7 Å². The quantitative estimate of drug-likeness (QED) is 0.432. The first kappa shape index (κ1) is 23.0. The number of nitrogens with one attached hydrogen (secondary N) is 1. The molecule has 0 spiro atoms. The highest BCUT2D eigenvalue weighted by Crippen LogP contribution is 2.28. The molecule has 3 heterocycles. The second-order valence-corrected chi connectivity index (χ2v) is 11.5. The first-order valence-corrected chi connectivity index (χ1v) is 13.1. The van der Waals surface area contributed by atoms with Crippen LogP contribution in [0.2, 0.25) is 5.02 Å². The van der Waals surface area contributed by atoms with Gasteiger partial charge in [0.05, 0.1) is 5.52 Å². The SMILES string of the molecule is CC(C)[C@@H]1CN(S(=O)(=O)c2cc3ccc(Cl)cc3[nH]2)CCN1Cc1ccc2c(N)ncnc2c1. The smallest absolute Gasteiger partial charge is 0.258 e. The minimum absolute atomic E-state index is 0.0773. The van der Waals surface area contributed by atoms with Crippen molar-refractivity contribution >= 4 is 49.2 Å². The highest BCUT2D eigenvalue weighted by molar-refractivity contribution is 7.89. The van der Waals surface area contributed by atoms with Gasteiger partial charge in [-0.15, -0.1) is 0 Å². The Morgan fingerprint density at radius 1 is 1.15 bits per heavy atom. The fraction of sp³-hybridized carbons (Fsp3) is 0.333. The molecule has 1 aliphatic rings. The van der Waals surface area contributed by atoms with Gasteiger partial charge in [0.1, 0.15) is 17.2 Å². The van der Waals surface area contributed by atoms with Crippen LogP contribution in [0.5, 0.6) is 0 Å². The summed E-state index contributed by atoms with van der Waals surface area (Å²) in [5, 5.41) is 2.42. The number of aromatic nitrogens is 3. The van der Waals surface area contributed by atoms with Crippen LogP contribution in [0.3, 0.4) is 0 Å². The van der Waals surface area contributed by atoms with Crippen LogP contribution in [-0.4, -0.2) is 58.3 Å². The molecule has 3 N–H and O–H groups in total. The number of H-pyrrole nitrogens is 1. The van der Waals surface area contributed by atoms with Gasteiger partial charge in [0.25, 0.3) is 10.0 Å². The van der Waals surface area contributed by atoms with E-state index in [2.05, 4.69) is 33.7 Å². The van der Waals surface area contributed by atoms with Crippen molar-refractivity contribution < 1.29 is 8.42 Å². The van der Waals surface area contributed by atoms with Gasteiger partial charge >= 0.3 is 0 Å². The Bertz CT molecular complexity index is 1470. The number of benzene rings is 2. The molecule has 10 heteroatoms. The zero-order chi connectivity index (χ0) is 24.0. The molecule has 34 heavy (non-hydrogen) atoms. The summed E-state index contributed by atoms with van der Waals surface area (Å²) in [7, 11) is -3.66. The number of piperazine rings is 1. The number of anilines is 1. The van der Waals surface area contributed by atoms with Crippen molar-refractivity contribution in [2.45, 2.75) is 31.5 Å². The summed E-state index contributed by atoms with van der Waals surface area (Å²) >= 11 is 6.07. The first-order valence-electron chi connectivity index (χ1n) is 11.2. The molecule has 0 bridgehead atoms. The maximum Gasteiger partial charge on any atom is 0.258 e. The standard InChI is InChI=1S/C24H27ClN6O2S/c1-15(2)22-13-31(34(32,33)23-10-17-4-5-18(25)11-20(17)29-23)8-7-30(22)12-16-3-6-19-21(9-16)27-14-28-24(19)26/h3-6,9-11,14-15,22,29H,7-8,12-13H2,1-2H3,(H2,26,27,28)/t22-/m0/s1. The Morgan fingerprint density at radius 2 is 1.97 bits per heavy atom. The van der Waals surface area contributed by atoms with Gasteiger partial charge in [0, 0.05) is 53.5 Å². The lowest BCUT2D eigenvalue weighted by Crippen LogP contribution is -2.56. The summed E-state index contributed by atoms with van der Waals surface area (Å²) in [6.45, 7) is 6.46. The molecule has 0 saturated carbocycles. The third-order valence-electron chi connectivity index (χ3n) is 6.56. The number of hydrogen-bond donors (Lipinski definition) is 2. The van der Waals surface area contributed by atoms with Crippen molar-refractivity contribution in [2.24, 2.45) is 5.92 Å². The number of nitrogens with zero attached hydrogens (tertiary/aromatic N) is 4. The van der Waals surface area contributed by atoms with Crippen LogP contribution in [0.1, 0.15) is 19.4 Å². The highest BCUT2D eigenvalue weighted by Gasteiger charge is 2.36. The van der Waals surface area contributed by atoms with E-state index in [1.807, 2.05) is 24.3 Å². The summed E-state index contributed by atoms with van der Waals surface area (Å²) < 4.78 is 28.5. The molecule has 178 valence electrons. The topological polar surface area (TPSA) is 108 Å². The third-order valence-corrected chi connectivity index (χ3v) is 8.58. The lowest BCUT2D eigenvalue weighted by Gasteiger charge is -2.42. The van der Waals surface area contributed by atoms with E-state index in [1.54, 1.807) is 22.5 Å². The van der Waals surface area contributed by atoms with Gasteiger partial charge in [-0.2, -0.15) is 4.31 Å². The van der Waals surface area contributed by atoms with E-state index in [0.717, 1.165) is 21.9 Å². The molecule has 2 aromatic carbocycles. The molecular formula is C24H27ClN6O2S. The van der Waals surface area contributed by atoms with Gasteiger partial charge in [-0.3, -0.25) is 4.90 Å². The van der Waals surface area contributed by atoms with Crippen LogP contribution in [0.25, 0.3) is 21.8 Å². The maximum absolute atomic E-state index is 13.5. The van der Waals surface area contributed by atoms with Crippen molar-refractivity contribution in [1.82, 2.24) is 24.2 Å². The normalized spacial score (nSPS) is 18.3. The lowest BCUT2D eigenvalue weighted by molar-refractivity contribution is 0.0803. The number of rotatable bonds is 5. The molecule has 0 aliphatic carbocycles. The summed E-state index contributed by atoms with van der Waals surface area (Å²) in [6, 6.07) is 13.1. The van der Waals surface area contributed by atoms with Gasteiger partial charge in [0.2, 0.25) is 0 Å². The van der Waals surface area contributed by atoms with Crippen LogP contribution >= 0.6 is 11.6 Å². The summed E-state index contributed by atoms with van der Waals surface area (Å²) in [4.78, 5) is 13.8. The van der Waals surface area contributed by atoms with Crippen LogP contribution in [0, 0.1) is 5.92 Å². The second kappa shape index (κ2) is 8.81. The summed E-state index contributed by atoms with van der Waals surface area (Å²) in [5.74, 6) is 0.743. The Kier molecular flexibility index (Phi) is 5.97. The van der Waals surface area contributed by atoms with Gasteiger partial charge in [-0.1, -0.05) is 37.6 Å². The van der Waals surface area contributed by atoms with Gasteiger partial charge in [-0.25, -0.2) is 18.4 Å². The largest absolute Gasteiger partial charge is 0.383 e. The van der Waals surface area contributed by atoms with E-state index in [4.69, 9.17) is 17.3 Å². The number of halogens is 1. The minimum atomic E-state index is -3.66.